The molecule has 0 spiro atoms. The molecule has 0 aliphatic carbocycles. The molecule has 1 aliphatic rings. The highest BCUT2D eigenvalue weighted by Crippen LogP contribution is 2.51. The Morgan fingerprint density at radius 3 is 2.81 bits per heavy atom. The van der Waals surface area contributed by atoms with Gasteiger partial charge in [0.05, 0.1) is 5.41 Å². The molecule has 5 nitrogen and oxygen atoms in total. The van der Waals surface area contributed by atoms with Gasteiger partial charge in [0, 0.05) is 28.6 Å². The Morgan fingerprint density at radius 2 is 2.04 bits per heavy atom. The van der Waals surface area contributed by atoms with Crippen LogP contribution in [0.2, 0.25) is 5.15 Å². The number of hydrogen-bond acceptors (Lipinski definition) is 5. The van der Waals surface area contributed by atoms with Crippen molar-refractivity contribution in [2.24, 2.45) is 5.41 Å². The van der Waals surface area contributed by atoms with E-state index < -0.39 is 5.41 Å². The lowest BCUT2D eigenvalue weighted by molar-refractivity contribution is -0.124. The second-order valence-corrected chi connectivity index (χ2v) is 7.90. The number of fused-ring (bicyclic) bond motifs is 2. The van der Waals surface area contributed by atoms with E-state index in [1.54, 1.807) is 12.3 Å². The summed E-state index contributed by atoms with van der Waals surface area (Å²) in [4.78, 5) is 21.5. The summed E-state index contributed by atoms with van der Waals surface area (Å²) in [6.07, 6.45) is 1.66. The van der Waals surface area contributed by atoms with Crippen molar-refractivity contribution in [3.63, 3.8) is 0 Å². The van der Waals surface area contributed by atoms with Gasteiger partial charge >= 0.3 is 0 Å². The van der Waals surface area contributed by atoms with Crippen molar-refractivity contribution in [2.75, 3.05) is 5.32 Å². The molecule has 2 aromatic heterocycles. The standard InChI is InChI=1S/C19H16ClN3O2S/c1-19(2,17(24)23-18-21-9-10-26-18)15-11-5-3-4-6-13(11)25-16-12(15)7-8-14(20)22-16/h3-10,15H,1-2H3,(H,21,23,24). The molecule has 1 atom stereocenters. The minimum Gasteiger partial charge on any atom is -0.438 e. The fourth-order valence-electron chi connectivity index (χ4n) is 3.27. The van der Waals surface area contributed by atoms with Gasteiger partial charge < -0.3 is 10.1 Å². The highest BCUT2D eigenvalue weighted by atomic mass is 35.5. The smallest absolute Gasteiger partial charge is 0.232 e. The number of halogens is 1. The van der Waals surface area contributed by atoms with E-state index in [0.29, 0.717) is 21.9 Å². The maximum Gasteiger partial charge on any atom is 0.232 e. The second-order valence-electron chi connectivity index (χ2n) is 6.61. The fraction of sp³-hybridized carbons (Fsp3) is 0.211. The van der Waals surface area contributed by atoms with Gasteiger partial charge in [-0.15, -0.1) is 11.3 Å². The summed E-state index contributed by atoms with van der Waals surface area (Å²) in [6, 6.07) is 11.3. The number of carbonyl (C=O) groups excluding carboxylic acids is 1. The van der Waals surface area contributed by atoms with Gasteiger partial charge in [0.15, 0.2) is 5.13 Å². The van der Waals surface area contributed by atoms with Crippen LogP contribution >= 0.6 is 22.9 Å². The molecular weight excluding hydrogens is 370 g/mol. The van der Waals surface area contributed by atoms with E-state index in [2.05, 4.69) is 15.3 Å². The van der Waals surface area contributed by atoms with Gasteiger partial charge in [-0.25, -0.2) is 9.97 Å². The summed E-state index contributed by atoms with van der Waals surface area (Å²) in [7, 11) is 0. The molecule has 1 N–H and O–H groups in total. The number of nitrogens with one attached hydrogen (secondary N) is 1. The molecule has 0 radical (unpaired) electrons. The van der Waals surface area contributed by atoms with E-state index in [-0.39, 0.29) is 11.8 Å². The van der Waals surface area contributed by atoms with Crippen LogP contribution in [0.3, 0.4) is 0 Å². The average molecular weight is 386 g/mol. The van der Waals surface area contributed by atoms with E-state index in [9.17, 15) is 4.79 Å². The van der Waals surface area contributed by atoms with Crippen LogP contribution in [0, 0.1) is 5.41 Å². The zero-order valence-corrected chi connectivity index (χ0v) is 15.8. The molecule has 26 heavy (non-hydrogen) atoms. The molecule has 1 aliphatic heterocycles. The van der Waals surface area contributed by atoms with Gasteiger partial charge in [-0.1, -0.05) is 43.6 Å². The van der Waals surface area contributed by atoms with Crippen molar-refractivity contribution in [3.05, 3.63) is 64.3 Å². The molecule has 1 unspecified atom stereocenters. The van der Waals surface area contributed by atoms with E-state index in [4.69, 9.17) is 16.3 Å². The number of nitrogens with zero attached hydrogens (tertiary/aromatic N) is 2. The predicted octanol–water partition coefficient (Wildman–Crippen LogP) is 5.09. The number of amides is 1. The van der Waals surface area contributed by atoms with Crippen LogP contribution in [0.25, 0.3) is 0 Å². The molecule has 0 saturated carbocycles. The van der Waals surface area contributed by atoms with Crippen LogP contribution in [0.15, 0.2) is 48.0 Å². The Hall–Kier alpha value is -2.44. The van der Waals surface area contributed by atoms with E-state index in [1.807, 2.05) is 49.6 Å². The van der Waals surface area contributed by atoms with Gasteiger partial charge in [0.1, 0.15) is 10.9 Å². The highest BCUT2D eigenvalue weighted by Gasteiger charge is 2.44. The lowest BCUT2D eigenvalue weighted by Crippen LogP contribution is -2.38. The van der Waals surface area contributed by atoms with Crippen molar-refractivity contribution >= 4 is 34.0 Å². The summed E-state index contributed by atoms with van der Waals surface area (Å²) in [5.74, 6) is 0.786. The third-order valence-electron chi connectivity index (χ3n) is 4.56. The van der Waals surface area contributed by atoms with Crippen molar-refractivity contribution < 1.29 is 9.53 Å². The largest absolute Gasteiger partial charge is 0.438 e. The van der Waals surface area contributed by atoms with Crippen molar-refractivity contribution in [1.29, 1.82) is 0 Å². The monoisotopic (exact) mass is 385 g/mol. The number of carbonyl (C=O) groups is 1. The van der Waals surface area contributed by atoms with Crippen molar-refractivity contribution in [3.8, 4) is 11.6 Å². The number of para-hydroxylation sites is 1. The molecule has 7 heteroatoms. The SMILES string of the molecule is CC(C)(C(=O)Nc1nccs1)C1c2ccccc2Oc2nc(Cl)ccc21. The number of thiazole rings is 1. The van der Waals surface area contributed by atoms with Crippen LogP contribution in [-0.4, -0.2) is 15.9 Å². The molecule has 3 heterocycles. The van der Waals surface area contributed by atoms with Gasteiger partial charge in [0.25, 0.3) is 0 Å². The van der Waals surface area contributed by atoms with Crippen LogP contribution in [0.1, 0.15) is 30.9 Å². The minimum atomic E-state index is -0.768. The first kappa shape index (κ1) is 17.0. The van der Waals surface area contributed by atoms with E-state index in [0.717, 1.165) is 11.1 Å². The molecule has 3 aromatic rings. The zero-order valence-electron chi connectivity index (χ0n) is 14.2. The lowest BCUT2D eigenvalue weighted by atomic mass is 9.70. The van der Waals surface area contributed by atoms with Gasteiger partial charge in [0.2, 0.25) is 11.8 Å². The summed E-state index contributed by atoms with van der Waals surface area (Å²) in [6.45, 7) is 3.84. The molecule has 1 amide bonds. The molecule has 0 fully saturated rings. The van der Waals surface area contributed by atoms with Crippen molar-refractivity contribution in [2.45, 2.75) is 19.8 Å². The average Bonchev–Trinajstić information content (AvgIpc) is 3.12. The maximum atomic E-state index is 13.1. The third-order valence-corrected chi connectivity index (χ3v) is 5.46. The highest BCUT2D eigenvalue weighted by molar-refractivity contribution is 7.13. The number of ether oxygens (including phenoxy) is 1. The van der Waals surface area contributed by atoms with Crippen molar-refractivity contribution in [1.82, 2.24) is 9.97 Å². The lowest BCUT2D eigenvalue weighted by Gasteiger charge is -2.37. The predicted molar refractivity (Wildman–Crippen MR) is 102 cm³/mol. The number of hydrogen-bond donors (Lipinski definition) is 1. The first-order valence-corrected chi connectivity index (χ1v) is 9.37. The second kappa shape index (κ2) is 6.37. The van der Waals surface area contributed by atoms with Crippen LogP contribution < -0.4 is 10.1 Å². The topological polar surface area (TPSA) is 64.1 Å². The van der Waals surface area contributed by atoms with E-state index in [1.165, 1.54) is 11.3 Å². The quantitative estimate of drug-likeness (QED) is 0.637. The minimum absolute atomic E-state index is 0.116. The molecule has 4 rings (SSSR count). The first-order chi connectivity index (χ1) is 12.5. The van der Waals surface area contributed by atoms with E-state index >= 15 is 0 Å². The number of aromatic nitrogens is 2. The molecule has 132 valence electrons. The molecule has 0 bridgehead atoms. The third kappa shape index (κ3) is 2.85. The molecule has 1 aromatic carbocycles. The number of pyridine rings is 1. The van der Waals surface area contributed by atoms with Crippen LogP contribution in [-0.2, 0) is 4.79 Å². The Labute approximate surface area is 160 Å². The van der Waals surface area contributed by atoms with Gasteiger partial charge in [-0.3, -0.25) is 4.79 Å². The molecular formula is C19H16ClN3O2S. The zero-order chi connectivity index (χ0) is 18.3. The number of anilines is 1. The molecule has 0 saturated heterocycles. The summed E-state index contributed by atoms with van der Waals surface area (Å²) in [5.41, 5.74) is 1.02. The number of benzene rings is 1. The van der Waals surface area contributed by atoms with Crippen LogP contribution in [0.4, 0.5) is 5.13 Å². The summed E-state index contributed by atoms with van der Waals surface area (Å²) >= 11 is 7.44. The van der Waals surface area contributed by atoms with Gasteiger partial charge in [-0.05, 0) is 18.2 Å². The Kier molecular flexibility index (Phi) is 4.17. The Morgan fingerprint density at radius 1 is 1.23 bits per heavy atom. The normalized spacial score (nSPS) is 15.6. The first-order valence-electron chi connectivity index (χ1n) is 8.11. The Bertz CT molecular complexity index is 973. The van der Waals surface area contributed by atoms with Gasteiger partial charge in [-0.2, -0.15) is 0 Å². The summed E-state index contributed by atoms with van der Waals surface area (Å²) < 4.78 is 5.93. The fourth-order valence-corrected chi connectivity index (χ4v) is 3.93. The Balaban J connectivity index is 1.80. The van der Waals surface area contributed by atoms with Crippen LogP contribution in [0.5, 0.6) is 11.6 Å². The maximum absolute atomic E-state index is 13.1. The summed E-state index contributed by atoms with van der Waals surface area (Å²) in [5, 5.41) is 5.68. The number of rotatable bonds is 3.